The minimum atomic E-state index is -0.546. The van der Waals surface area contributed by atoms with Crippen LogP contribution in [0.3, 0.4) is 0 Å². The molecule has 0 amide bonds. The first-order chi connectivity index (χ1) is 17.5. The molecule has 0 saturated carbocycles. The van der Waals surface area contributed by atoms with Gasteiger partial charge in [0.1, 0.15) is 0 Å². The average Bonchev–Trinajstić information content (AvgIpc) is 2.92. The molecule has 4 nitrogen and oxygen atoms in total. The average molecular weight is 472 g/mol. The number of hydrogen-bond acceptors (Lipinski definition) is 4. The van der Waals surface area contributed by atoms with Gasteiger partial charge in [-0.05, 0) is 43.2 Å². The Morgan fingerprint density at radius 2 is 1.31 bits per heavy atom. The number of aromatic nitrogens is 1. The van der Waals surface area contributed by atoms with Gasteiger partial charge >= 0.3 is 5.97 Å². The highest BCUT2D eigenvalue weighted by molar-refractivity contribution is 6.06. The molecule has 0 unspecified atom stereocenters. The molecule has 1 heterocycles. The zero-order chi connectivity index (χ0) is 25.1. The van der Waals surface area contributed by atoms with Gasteiger partial charge in [-0.15, -0.1) is 0 Å². The van der Waals surface area contributed by atoms with Crippen molar-refractivity contribution in [1.82, 2.24) is 4.98 Å². The van der Waals surface area contributed by atoms with Crippen LogP contribution in [0.15, 0.2) is 103 Å². The molecular weight excluding hydrogens is 446 g/mol. The van der Waals surface area contributed by atoms with Crippen molar-refractivity contribution in [2.45, 2.75) is 13.8 Å². The third-order valence-corrected chi connectivity index (χ3v) is 6.18. The summed E-state index contributed by atoms with van der Waals surface area (Å²) >= 11 is 0. The van der Waals surface area contributed by atoms with Gasteiger partial charge in [-0.2, -0.15) is 0 Å². The maximum Gasteiger partial charge on any atom is 0.339 e. The van der Waals surface area contributed by atoms with Crippen molar-refractivity contribution >= 4 is 22.7 Å². The van der Waals surface area contributed by atoms with E-state index in [-0.39, 0.29) is 12.4 Å². The highest BCUT2D eigenvalue weighted by atomic mass is 16.5. The van der Waals surface area contributed by atoms with Crippen molar-refractivity contribution in [3.8, 4) is 22.4 Å². The Morgan fingerprint density at radius 3 is 2.00 bits per heavy atom. The quantitative estimate of drug-likeness (QED) is 0.194. The first-order valence-corrected chi connectivity index (χ1v) is 11.8. The van der Waals surface area contributed by atoms with Crippen LogP contribution in [0.4, 0.5) is 0 Å². The predicted octanol–water partition coefficient (Wildman–Crippen LogP) is 7.23. The normalized spacial score (nSPS) is 10.8. The van der Waals surface area contributed by atoms with E-state index in [0.717, 1.165) is 22.3 Å². The first kappa shape index (κ1) is 23.2. The molecule has 0 fully saturated rings. The Morgan fingerprint density at radius 1 is 0.694 bits per heavy atom. The molecule has 36 heavy (non-hydrogen) atoms. The molecule has 5 rings (SSSR count). The third-order valence-electron chi connectivity index (χ3n) is 6.18. The van der Waals surface area contributed by atoms with Gasteiger partial charge in [0, 0.05) is 16.5 Å². The number of rotatable bonds is 6. The van der Waals surface area contributed by atoms with Crippen molar-refractivity contribution in [1.29, 1.82) is 0 Å². The van der Waals surface area contributed by atoms with Gasteiger partial charge in [0.25, 0.3) is 0 Å². The second-order valence-corrected chi connectivity index (χ2v) is 8.88. The molecule has 0 spiro atoms. The second kappa shape index (κ2) is 9.96. The molecule has 0 aliphatic carbocycles. The zero-order valence-corrected chi connectivity index (χ0v) is 20.2. The number of Topliss-reactive ketones (excluding diaryl/α,β-unsaturated/α-hetero) is 1. The molecular formula is C32H25NO3. The number of nitrogens with zero attached hydrogens (tertiary/aromatic N) is 1. The number of benzene rings is 4. The molecule has 1 aromatic heterocycles. The fourth-order valence-electron chi connectivity index (χ4n) is 4.15. The van der Waals surface area contributed by atoms with Gasteiger partial charge < -0.3 is 4.74 Å². The van der Waals surface area contributed by atoms with Crippen LogP contribution >= 0.6 is 0 Å². The maximum absolute atomic E-state index is 13.2. The van der Waals surface area contributed by atoms with E-state index in [2.05, 4.69) is 43.3 Å². The summed E-state index contributed by atoms with van der Waals surface area (Å²) in [5, 5.41) is 0.701. The van der Waals surface area contributed by atoms with E-state index in [9.17, 15) is 9.59 Å². The summed E-state index contributed by atoms with van der Waals surface area (Å²) in [7, 11) is 0. The van der Waals surface area contributed by atoms with Crippen LogP contribution in [0, 0.1) is 13.8 Å². The van der Waals surface area contributed by atoms with Crippen molar-refractivity contribution in [2.75, 3.05) is 6.61 Å². The van der Waals surface area contributed by atoms with Crippen molar-refractivity contribution in [3.05, 3.63) is 125 Å². The van der Waals surface area contributed by atoms with Crippen molar-refractivity contribution < 1.29 is 14.3 Å². The molecule has 4 heteroatoms. The van der Waals surface area contributed by atoms with E-state index < -0.39 is 5.97 Å². The number of ether oxygens (including phenoxy) is 1. The van der Waals surface area contributed by atoms with Crippen LogP contribution in [0.2, 0.25) is 0 Å². The Kier molecular flexibility index (Phi) is 6.42. The largest absolute Gasteiger partial charge is 0.454 e. The lowest BCUT2D eigenvalue weighted by atomic mass is 9.99. The number of aryl methyl sites for hydroxylation is 2. The predicted molar refractivity (Wildman–Crippen MR) is 143 cm³/mol. The topological polar surface area (TPSA) is 56.3 Å². The van der Waals surface area contributed by atoms with E-state index in [1.165, 1.54) is 5.56 Å². The Balaban J connectivity index is 1.46. The summed E-state index contributed by atoms with van der Waals surface area (Å²) in [6.07, 6.45) is 0. The second-order valence-electron chi connectivity index (χ2n) is 8.88. The van der Waals surface area contributed by atoms with E-state index in [4.69, 9.17) is 9.72 Å². The van der Waals surface area contributed by atoms with E-state index in [0.29, 0.717) is 27.7 Å². The fourth-order valence-corrected chi connectivity index (χ4v) is 4.15. The van der Waals surface area contributed by atoms with Crippen LogP contribution in [-0.4, -0.2) is 23.3 Å². The summed E-state index contributed by atoms with van der Waals surface area (Å²) in [5.41, 5.74) is 7.63. The lowest BCUT2D eigenvalue weighted by Crippen LogP contribution is -2.15. The smallest absolute Gasteiger partial charge is 0.339 e. The SMILES string of the molecule is Cc1ccc(-c2ccc(-c3cc(C(=O)OCC(=O)c4ccccc4)c4cc(C)ccc4n3)cc2)cc1. The standard InChI is InChI=1S/C32H25NO3/c1-21-8-11-23(12-9-21)24-13-15-25(16-14-24)30-19-28(27-18-22(2)10-17-29(27)33-30)32(35)36-20-31(34)26-6-4-3-5-7-26/h3-19H,20H2,1-2H3. The van der Waals surface area contributed by atoms with E-state index in [1.54, 1.807) is 30.3 Å². The molecule has 0 N–H and O–H groups in total. The Hall–Kier alpha value is -4.57. The number of carbonyl (C=O) groups excluding carboxylic acids is 2. The van der Waals surface area contributed by atoms with Crippen molar-refractivity contribution in [2.24, 2.45) is 0 Å². The van der Waals surface area contributed by atoms with Crippen molar-refractivity contribution in [3.63, 3.8) is 0 Å². The van der Waals surface area contributed by atoms with Gasteiger partial charge in [0.05, 0.1) is 16.8 Å². The number of fused-ring (bicyclic) bond motifs is 1. The molecule has 5 aromatic rings. The zero-order valence-electron chi connectivity index (χ0n) is 20.2. The highest BCUT2D eigenvalue weighted by Crippen LogP contribution is 2.28. The Labute approximate surface area is 210 Å². The fraction of sp³-hybridized carbons (Fsp3) is 0.0938. The summed E-state index contributed by atoms with van der Waals surface area (Å²) in [6, 6.07) is 32.9. The van der Waals surface area contributed by atoms with Crippen LogP contribution in [0.1, 0.15) is 31.8 Å². The number of ketones is 1. The van der Waals surface area contributed by atoms with E-state index in [1.807, 2.05) is 43.3 Å². The monoisotopic (exact) mass is 471 g/mol. The van der Waals surface area contributed by atoms with Gasteiger partial charge in [-0.1, -0.05) is 96.1 Å². The lowest BCUT2D eigenvalue weighted by molar-refractivity contribution is 0.0476. The van der Waals surface area contributed by atoms with Crippen LogP contribution < -0.4 is 0 Å². The van der Waals surface area contributed by atoms with E-state index >= 15 is 0 Å². The van der Waals surface area contributed by atoms with Gasteiger partial charge in [0.2, 0.25) is 0 Å². The lowest BCUT2D eigenvalue weighted by Gasteiger charge is -2.11. The number of esters is 1. The van der Waals surface area contributed by atoms with Gasteiger partial charge in [0.15, 0.2) is 12.4 Å². The Bertz CT molecular complexity index is 1550. The highest BCUT2D eigenvalue weighted by Gasteiger charge is 2.17. The summed E-state index contributed by atoms with van der Waals surface area (Å²) in [4.78, 5) is 30.4. The van der Waals surface area contributed by atoms with Crippen LogP contribution in [-0.2, 0) is 4.74 Å². The molecule has 0 atom stereocenters. The van der Waals surface area contributed by atoms with Crippen LogP contribution in [0.25, 0.3) is 33.3 Å². The molecule has 0 radical (unpaired) electrons. The summed E-state index contributed by atoms with van der Waals surface area (Å²) in [6.45, 7) is 3.71. The first-order valence-electron chi connectivity index (χ1n) is 11.8. The molecule has 0 bridgehead atoms. The minimum Gasteiger partial charge on any atom is -0.454 e. The van der Waals surface area contributed by atoms with Crippen LogP contribution in [0.5, 0.6) is 0 Å². The van der Waals surface area contributed by atoms with Gasteiger partial charge in [-0.3, -0.25) is 4.79 Å². The molecule has 0 saturated heterocycles. The maximum atomic E-state index is 13.2. The summed E-state index contributed by atoms with van der Waals surface area (Å²) in [5.74, 6) is -0.791. The molecule has 0 aliphatic heterocycles. The minimum absolute atomic E-state index is 0.245. The third kappa shape index (κ3) is 4.93. The molecule has 176 valence electrons. The number of carbonyl (C=O) groups is 2. The number of hydrogen-bond donors (Lipinski definition) is 0. The van der Waals surface area contributed by atoms with Gasteiger partial charge in [-0.25, -0.2) is 9.78 Å². The summed E-state index contributed by atoms with van der Waals surface area (Å²) < 4.78 is 5.45. The molecule has 0 aliphatic rings. The molecule has 4 aromatic carbocycles. The number of pyridine rings is 1.